The zero-order valence-electron chi connectivity index (χ0n) is 8.04. The predicted molar refractivity (Wildman–Crippen MR) is 48.4 cm³/mol. The Morgan fingerprint density at radius 3 is 3.00 bits per heavy atom. The van der Waals surface area contributed by atoms with Crippen molar-refractivity contribution >= 4 is 6.01 Å². The minimum Gasteiger partial charge on any atom is -0.374 e. The molecule has 0 saturated carbocycles. The molecule has 74 valence electrons. The van der Waals surface area contributed by atoms with Crippen molar-refractivity contribution in [3.63, 3.8) is 0 Å². The van der Waals surface area contributed by atoms with E-state index >= 15 is 0 Å². The average molecular weight is 185 g/mol. The molecule has 0 saturated heterocycles. The molecule has 5 heteroatoms. The molecule has 0 fully saturated rings. The number of ether oxygens (including phenoxy) is 1. The highest BCUT2D eigenvalue weighted by Crippen LogP contribution is 2.03. The number of nitrogens with one attached hydrogen (secondary N) is 1. The summed E-state index contributed by atoms with van der Waals surface area (Å²) >= 11 is 0. The van der Waals surface area contributed by atoms with Crippen molar-refractivity contribution in [2.75, 3.05) is 18.5 Å². The van der Waals surface area contributed by atoms with Crippen LogP contribution in [0.15, 0.2) is 4.52 Å². The van der Waals surface area contributed by atoms with E-state index in [4.69, 9.17) is 9.26 Å². The maximum absolute atomic E-state index is 5.12. The van der Waals surface area contributed by atoms with Crippen molar-refractivity contribution in [3.05, 3.63) is 5.82 Å². The lowest BCUT2D eigenvalue weighted by molar-refractivity contribution is 0.126. The Morgan fingerprint density at radius 1 is 1.46 bits per heavy atom. The van der Waals surface area contributed by atoms with Crippen molar-refractivity contribution in [1.29, 1.82) is 0 Å². The summed E-state index contributed by atoms with van der Waals surface area (Å²) in [7, 11) is 0. The van der Waals surface area contributed by atoms with Crippen LogP contribution in [-0.4, -0.2) is 23.3 Å². The van der Waals surface area contributed by atoms with Gasteiger partial charge in [-0.25, -0.2) is 0 Å². The molecule has 5 nitrogen and oxygen atoms in total. The van der Waals surface area contributed by atoms with Gasteiger partial charge in [0.2, 0.25) is 0 Å². The third-order valence-corrected chi connectivity index (χ3v) is 1.43. The van der Waals surface area contributed by atoms with E-state index < -0.39 is 0 Å². The van der Waals surface area contributed by atoms with Crippen molar-refractivity contribution in [2.45, 2.75) is 26.9 Å². The van der Waals surface area contributed by atoms with Crippen molar-refractivity contribution in [1.82, 2.24) is 10.1 Å². The second kappa shape index (κ2) is 5.53. The summed E-state index contributed by atoms with van der Waals surface area (Å²) in [4.78, 5) is 4.07. The topological polar surface area (TPSA) is 60.2 Å². The number of aromatic nitrogens is 2. The van der Waals surface area contributed by atoms with Crippen LogP contribution in [0.1, 0.15) is 26.1 Å². The molecule has 0 aliphatic rings. The van der Waals surface area contributed by atoms with E-state index in [9.17, 15) is 0 Å². The minimum absolute atomic E-state index is 0.411. The zero-order chi connectivity index (χ0) is 9.52. The first kappa shape index (κ1) is 9.98. The van der Waals surface area contributed by atoms with Gasteiger partial charge in [0.05, 0.1) is 0 Å². The van der Waals surface area contributed by atoms with Crippen LogP contribution in [-0.2, 0) is 11.3 Å². The van der Waals surface area contributed by atoms with E-state index in [1.807, 2.05) is 6.92 Å². The van der Waals surface area contributed by atoms with Crippen LogP contribution < -0.4 is 5.32 Å². The highest BCUT2D eigenvalue weighted by molar-refractivity contribution is 5.17. The van der Waals surface area contributed by atoms with Gasteiger partial charge in [0, 0.05) is 13.2 Å². The smallest absolute Gasteiger partial charge is 0.321 e. The molecule has 0 aromatic carbocycles. The first-order valence-electron chi connectivity index (χ1n) is 4.51. The molecular weight excluding hydrogens is 170 g/mol. The molecule has 0 unspecified atom stereocenters. The Labute approximate surface area is 77.5 Å². The Morgan fingerprint density at radius 2 is 2.31 bits per heavy atom. The minimum atomic E-state index is 0.411. The van der Waals surface area contributed by atoms with Crippen LogP contribution in [0.4, 0.5) is 6.01 Å². The standard InChI is InChI=1S/C8H15N3O2/c1-3-5-9-8-10-7(11-13-8)6-12-4-2/h3-6H2,1-2H3,(H,9,10,11). The van der Waals surface area contributed by atoms with Gasteiger partial charge in [-0.3, -0.25) is 0 Å². The van der Waals surface area contributed by atoms with Crippen LogP contribution in [0.25, 0.3) is 0 Å². The summed E-state index contributed by atoms with van der Waals surface area (Å²) in [5, 5.41) is 6.73. The van der Waals surface area contributed by atoms with E-state index in [0.29, 0.717) is 25.1 Å². The molecule has 0 bridgehead atoms. The van der Waals surface area contributed by atoms with E-state index in [1.165, 1.54) is 0 Å². The molecule has 0 atom stereocenters. The van der Waals surface area contributed by atoms with Crippen molar-refractivity contribution < 1.29 is 9.26 Å². The van der Waals surface area contributed by atoms with Crippen LogP contribution in [0, 0.1) is 0 Å². The Hall–Kier alpha value is -1.10. The molecule has 1 rings (SSSR count). The third-order valence-electron chi connectivity index (χ3n) is 1.43. The molecule has 0 spiro atoms. The predicted octanol–water partition coefficient (Wildman–Crippen LogP) is 1.43. The SMILES string of the molecule is CCCNc1nc(COCC)no1. The maximum Gasteiger partial charge on any atom is 0.321 e. The van der Waals surface area contributed by atoms with Gasteiger partial charge in [0.1, 0.15) is 6.61 Å². The molecule has 0 aliphatic carbocycles. The van der Waals surface area contributed by atoms with Gasteiger partial charge in [0.15, 0.2) is 5.82 Å². The maximum atomic E-state index is 5.12. The molecule has 1 aromatic heterocycles. The van der Waals surface area contributed by atoms with Gasteiger partial charge in [-0.15, -0.1) is 0 Å². The lowest BCUT2D eigenvalue weighted by Gasteiger charge is -1.94. The molecule has 1 aromatic rings. The summed E-state index contributed by atoms with van der Waals surface area (Å²) < 4.78 is 10.0. The molecular formula is C8H15N3O2. The summed E-state index contributed by atoms with van der Waals surface area (Å²) in [6.45, 7) is 5.91. The Kier molecular flexibility index (Phi) is 4.25. The summed E-state index contributed by atoms with van der Waals surface area (Å²) in [5.74, 6) is 0.584. The van der Waals surface area contributed by atoms with E-state index in [2.05, 4.69) is 22.4 Å². The highest BCUT2D eigenvalue weighted by atomic mass is 16.5. The van der Waals surface area contributed by atoms with Crippen LogP contribution in [0.2, 0.25) is 0 Å². The number of anilines is 1. The Bertz CT molecular complexity index is 215. The number of hydrogen-bond acceptors (Lipinski definition) is 5. The molecule has 1 heterocycles. The quantitative estimate of drug-likeness (QED) is 0.726. The normalized spacial score (nSPS) is 10.3. The van der Waals surface area contributed by atoms with Crippen molar-refractivity contribution in [2.24, 2.45) is 0 Å². The lowest BCUT2D eigenvalue weighted by Crippen LogP contribution is -2.00. The molecule has 0 radical (unpaired) electrons. The van der Waals surface area contributed by atoms with Crippen LogP contribution in [0.3, 0.4) is 0 Å². The van der Waals surface area contributed by atoms with Gasteiger partial charge in [-0.2, -0.15) is 4.98 Å². The van der Waals surface area contributed by atoms with Crippen LogP contribution >= 0.6 is 0 Å². The summed E-state index contributed by atoms with van der Waals surface area (Å²) in [6, 6.07) is 0.469. The fourth-order valence-electron chi connectivity index (χ4n) is 0.810. The van der Waals surface area contributed by atoms with Gasteiger partial charge < -0.3 is 14.6 Å². The average Bonchev–Trinajstić information content (AvgIpc) is 2.59. The first-order valence-corrected chi connectivity index (χ1v) is 4.51. The zero-order valence-corrected chi connectivity index (χ0v) is 8.04. The van der Waals surface area contributed by atoms with E-state index in [0.717, 1.165) is 13.0 Å². The fraction of sp³-hybridized carbons (Fsp3) is 0.750. The molecule has 13 heavy (non-hydrogen) atoms. The van der Waals surface area contributed by atoms with E-state index in [-0.39, 0.29) is 0 Å². The van der Waals surface area contributed by atoms with Crippen molar-refractivity contribution in [3.8, 4) is 0 Å². The van der Waals surface area contributed by atoms with Gasteiger partial charge in [-0.05, 0) is 13.3 Å². The Balaban J connectivity index is 2.34. The molecule has 1 N–H and O–H groups in total. The second-order valence-electron chi connectivity index (χ2n) is 2.58. The lowest BCUT2D eigenvalue weighted by atomic mass is 10.5. The molecule has 0 aliphatic heterocycles. The summed E-state index contributed by atoms with van der Waals surface area (Å²) in [5.41, 5.74) is 0. The largest absolute Gasteiger partial charge is 0.374 e. The molecule has 0 amide bonds. The van der Waals surface area contributed by atoms with Gasteiger partial charge in [-0.1, -0.05) is 12.1 Å². The van der Waals surface area contributed by atoms with Gasteiger partial charge in [0.25, 0.3) is 0 Å². The summed E-state index contributed by atoms with van der Waals surface area (Å²) in [6.07, 6.45) is 1.03. The third kappa shape index (κ3) is 3.42. The van der Waals surface area contributed by atoms with E-state index in [1.54, 1.807) is 0 Å². The van der Waals surface area contributed by atoms with Crippen LogP contribution in [0.5, 0.6) is 0 Å². The highest BCUT2D eigenvalue weighted by Gasteiger charge is 2.03. The number of hydrogen-bond donors (Lipinski definition) is 1. The monoisotopic (exact) mass is 185 g/mol. The van der Waals surface area contributed by atoms with Gasteiger partial charge >= 0.3 is 6.01 Å². The second-order valence-corrected chi connectivity index (χ2v) is 2.58. The number of rotatable bonds is 6. The first-order chi connectivity index (χ1) is 6.36. The fourth-order valence-corrected chi connectivity index (χ4v) is 0.810. The number of nitrogens with zero attached hydrogens (tertiary/aromatic N) is 2.